The molecule has 0 aliphatic carbocycles. The molecule has 1 amide bonds. The number of rotatable bonds is 4. The average Bonchev–Trinajstić information content (AvgIpc) is 3.16. The lowest BCUT2D eigenvalue weighted by atomic mass is 10.1. The normalized spacial score (nSPS) is 12.3. The van der Waals surface area contributed by atoms with E-state index in [4.69, 9.17) is 9.47 Å². The third-order valence-electron chi connectivity index (χ3n) is 3.93. The minimum Gasteiger partial charge on any atom is -0.454 e. The molecule has 0 radical (unpaired) electrons. The number of nitrogens with one attached hydrogen (secondary N) is 1. The van der Waals surface area contributed by atoms with Gasteiger partial charge in [-0.3, -0.25) is 9.78 Å². The molecule has 5 nitrogen and oxygen atoms in total. The van der Waals surface area contributed by atoms with E-state index in [1.807, 2.05) is 54.6 Å². The number of aromatic nitrogens is 1. The van der Waals surface area contributed by atoms with E-state index in [9.17, 15) is 4.79 Å². The minimum absolute atomic E-state index is 0.228. The van der Waals surface area contributed by atoms with E-state index < -0.39 is 0 Å². The Balaban J connectivity index is 1.42. The second kappa shape index (κ2) is 7.11. The summed E-state index contributed by atoms with van der Waals surface area (Å²) in [6.07, 6.45) is 5.60. The molecule has 0 bridgehead atoms. The van der Waals surface area contributed by atoms with Crippen LogP contribution in [0.4, 0.5) is 5.69 Å². The molecular weight excluding hydrogens is 328 g/mol. The number of anilines is 1. The van der Waals surface area contributed by atoms with Crippen molar-refractivity contribution in [3.8, 4) is 11.5 Å². The van der Waals surface area contributed by atoms with Crippen LogP contribution in [-0.4, -0.2) is 17.7 Å². The minimum atomic E-state index is -0.228. The molecule has 0 atom stereocenters. The van der Waals surface area contributed by atoms with Crippen molar-refractivity contribution >= 4 is 23.7 Å². The molecule has 0 saturated carbocycles. The van der Waals surface area contributed by atoms with Crippen LogP contribution in [0.5, 0.6) is 11.5 Å². The van der Waals surface area contributed by atoms with E-state index in [2.05, 4.69) is 10.3 Å². The Kier molecular flexibility index (Phi) is 4.35. The summed E-state index contributed by atoms with van der Waals surface area (Å²) in [5.74, 6) is 1.31. The van der Waals surface area contributed by atoms with Gasteiger partial charge in [-0.05, 0) is 47.5 Å². The number of hydrogen-bond donors (Lipinski definition) is 1. The van der Waals surface area contributed by atoms with Crippen LogP contribution in [0.25, 0.3) is 12.2 Å². The van der Waals surface area contributed by atoms with Crippen molar-refractivity contribution in [3.63, 3.8) is 0 Å². The number of fused-ring (bicyclic) bond motifs is 1. The first kappa shape index (κ1) is 15.9. The van der Waals surface area contributed by atoms with Gasteiger partial charge in [0.1, 0.15) is 5.69 Å². The van der Waals surface area contributed by atoms with Crippen molar-refractivity contribution in [3.05, 3.63) is 83.7 Å². The van der Waals surface area contributed by atoms with Gasteiger partial charge in [0, 0.05) is 11.9 Å². The Morgan fingerprint density at radius 2 is 1.69 bits per heavy atom. The SMILES string of the molecule is O=C(Nc1ccc(/C=C/c2ccc3c(c2)OCO3)cc1)c1ccccn1. The van der Waals surface area contributed by atoms with Gasteiger partial charge in [-0.25, -0.2) is 0 Å². The van der Waals surface area contributed by atoms with Crippen LogP contribution in [-0.2, 0) is 0 Å². The lowest BCUT2D eigenvalue weighted by Crippen LogP contribution is -2.13. The summed E-state index contributed by atoms with van der Waals surface area (Å²) in [5, 5.41) is 2.83. The van der Waals surface area contributed by atoms with E-state index in [1.165, 1.54) is 0 Å². The zero-order chi connectivity index (χ0) is 17.8. The van der Waals surface area contributed by atoms with Gasteiger partial charge in [0.05, 0.1) is 0 Å². The zero-order valence-electron chi connectivity index (χ0n) is 13.9. The van der Waals surface area contributed by atoms with Crippen molar-refractivity contribution in [2.45, 2.75) is 0 Å². The van der Waals surface area contributed by atoms with Crippen molar-refractivity contribution < 1.29 is 14.3 Å². The molecule has 1 aromatic heterocycles. The van der Waals surface area contributed by atoms with E-state index in [0.29, 0.717) is 5.69 Å². The van der Waals surface area contributed by atoms with Gasteiger partial charge in [0.15, 0.2) is 11.5 Å². The second-order valence-corrected chi connectivity index (χ2v) is 5.74. The van der Waals surface area contributed by atoms with Gasteiger partial charge in [-0.2, -0.15) is 0 Å². The van der Waals surface area contributed by atoms with E-state index in [1.54, 1.807) is 24.4 Å². The Bertz CT molecular complexity index is 951. The lowest BCUT2D eigenvalue weighted by Gasteiger charge is -2.05. The van der Waals surface area contributed by atoms with Gasteiger partial charge in [0.2, 0.25) is 6.79 Å². The average molecular weight is 344 g/mol. The van der Waals surface area contributed by atoms with Crippen LogP contribution in [0, 0.1) is 0 Å². The number of benzene rings is 2. The molecule has 26 heavy (non-hydrogen) atoms. The molecule has 4 rings (SSSR count). The number of ether oxygens (including phenoxy) is 2. The van der Waals surface area contributed by atoms with Crippen LogP contribution in [0.1, 0.15) is 21.6 Å². The molecule has 0 saturated heterocycles. The maximum Gasteiger partial charge on any atom is 0.274 e. The van der Waals surface area contributed by atoms with Gasteiger partial charge >= 0.3 is 0 Å². The number of amides is 1. The highest BCUT2D eigenvalue weighted by Gasteiger charge is 2.12. The summed E-state index contributed by atoms with van der Waals surface area (Å²) in [4.78, 5) is 16.1. The predicted molar refractivity (Wildman–Crippen MR) is 100 cm³/mol. The summed E-state index contributed by atoms with van der Waals surface area (Å²) in [6.45, 7) is 0.272. The van der Waals surface area contributed by atoms with E-state index >= 15 is 0 Å². The van der Waals surface area contributed by atoms with Crippen molar-refractivity contribution in [1.29, 1.82) is 0 Å². The molecule has 2 aromatic carbocycles. The third kappa shape index (κ3) is 3.57. The van der Waals surface area contributed by atoms with Crippen molar-refractivity contribution in [2.24, 2.45) is 0 Å². The van der Waals surface area contributed by atoms with Crippen LogP contribution in [0.3, 0.4) is 0 Å². The van der Waals surface area contributed by atoms with Crippen molar-refractivity contribution in [1.82, 2.24) is 4.98 Å². The van der Waals surface area contributed by atoms with Crippen LogP contribution in [0.2, 0.25) is 0 Å². The molecule has 0 unspecified atom stereocenters. The fourth-order valence-corrected chi connectivity index (χ4v) is 2.58. The van der Waals surface area contributed by atoms with Crippen LogP contribution >= 0.6 is 0 Å². The number of carbonyl (C=O) groups excluding carboxylic acids is 1. The standard InChI is InChI=1S/C21H16N2O3/c24-21(18-3-1-2-12-22-18)23-17-9-6-15(7-10-17)4-5-16-8-11-19-20(13-16)26-14-25-19/h1-13H,14H2,(H,23,24)/b5-4+. The Hall–Kier alpha value is -3.60. The fraction of sp³-hybridized carbons (Fsp3) is 0.0476. The molecule has 0 spiro atoms. The largest absolute Gasteiger partial charge is 0.454 e. The topological polar surface area (TPSA) is 60.5 Å². The molecule has 2 heterocycles. The molecule has 0 fully saturated rings. The highest BCUT2D eigenvalue weighted by Crippen LogP contribution is 2.33. The first-order valence-electron chi connectivity index (χ1n) is 8.18. The Morgan fingerprint density at radius 3 is 2.50 bits per heavy atom. The van der Waals surface area contributed by atoms with Gasteiger partial charge in [-0.1, -0.05) is 36.4 Å². The summed E-state index contributed by atoms with van der Waals surface area (Å²) in [6, 6.07) is 18.7. The van der Waals surface area contributed by atoms with Crippen LogP contribution in [0.15, 0.2) is 66.9 Å². The molecule has 5 heteroatoms. The fourth-order valence-electron chi connectivity index (χ4n) is 2.58. The predicted octanol–water partition coefficient (Wildman–Crippen LogP) is 4.23. The van der Waals surface area contributed by atoms with Gasteiger partial charge in [-0.15, -0.1) is 0 Å². The highest BCUT2D eigenvalue weighted by atomic mass is 16.7. The molecular formula is C21H16N2O3. The molecule has 1 aliphatic rings. The first-order chi connectivity index (χ1) is 12.8. The van der Waals surface area contributed by atoms with Gasteiger partial charge < -0.3 is 14.8 Å². The molecule has 1 N–H and O–H groups in total. The summed E-state index contributed by atoms with van der Waals surface area (Å²) >= 11 is 0. The summed E-state index contributed by atoms with van der Waals surface area (Å²) in [5.41, 5.74) is 3.17. The lowest BCUT2D eigenvalue weighted by molar-refractivity contribution is 0.102. The quantitative estimate of drug-likeness (QED) is 0.720. The number of pyridine rings is 1. The maximum absolute atomic E-state index is 12.1. The summed E-state index contributed by atoms with van der Waals surface area (Å²) in [7, 11) is 0. The Labute approximate surface area is 150 Å². The first-order valence-corrected chi connectivity index (χ1v) is 8.18. The number of hydrogen-bond acceptors (Lipinski definition) is 4. The number of nitrogens with zero attached hydrogens (tertiary/aromatic N) is 1. The zero-order valence-corrected chi connectivity index (χ0v) is 13.9. The molecule has 3 aromatic rings. The second-order valence-electron chi connectivity index (χ2n) is 5.74. The Morgan fingerprint density at radius 1 is 0.923 bits per heavy atom. The molecule has 128 valence electrons. The van der Waals surface area contributed by atoms with Crippen LogP contribution < -0.4 is 14.8 Å². The third-order valence-corrected chi connectivity index (χ3v) is 3.93. The van der Waals surface area contributed by atoms with E-state index in [-0.39, 0.29) is 12.7 Å². The number of carbonyl (C=O) groups is 1. The maximum atomic E-state index is 12.1. The molecule has 1 aliphatic heterocycles. The smallest absolute Gasteiger partial charge is 0.274 e. The van der Waals surface area contributed by atoms with E-state index in [0.717, 1.165) is 28.3 Å². The van der Waals surface area contributed by atoms with Gasteiger partial charge in [0.25, 0.3) is 5.91 Å². The van der Waals surface area contributed by atoms with Crippen molar-refractivity contribution in [2.75, 3.05) is 12.1 Å². The monoisotopic (exact) mass is 344 g/mol. The summed E-state index contributed by atoms with van der Waals surface area (Å²) < 4.78 is 10.7. The highest BCUT2D eigenvalue weighted by molar-refractivity contribution is 6.02.